The van der Waals surface area contributed by atoms with Crippen LogP contribution in [0.15, 0.2) is 22.7 Å². The van der Waals surface area contributed by atoms with Crippen molar-refractivity contribution in [2.24, 2.45) is 0 Å². The standard InChI is InChI=1S/C13H19BrO/c1-3-4-5-6-13(15)12-8-7-11(14)9-10(12)2/h7-9,13,15H,3-6H2,1-2H3. The van der Waals surface area contributed by atoms with Gasteiger partial charge >= 0.3 is 0 Å². The Bertz CT molecular complexity index is 309. The molecule has 1 unspecified atom stereocenters. The van der Waals surface area contributed by atoms with E-state index in [0.29, 0.717) is 0 Å². The molecule has 1 atom stereocenters. The summed E-state index contributed by atoms with van der Waals surface area (Å²) in [5, 5.41) is 10.0. The van der Waals surface area contributed by atoms with E-state index >= 15 is 0 Å². The van der Waals surface area contributed by atoms with E-state index in [1.54, 1.807) is 0 Å². The van der Waals surface area contributed by atoms with Gasteiger partial charge in [-0.2, -0.15) is 0 Å². The number of hydrogen-bond donors (Lipinski definition) is 1. The Kier molecular flexibility index (Phi) is 5.34. The summed E-state index contributed by atoms with van der Waals surface area (Å²) in [4.78, 5) is 0. The average molecular weight is 271 g/mol. The summed E-state index contributed by atoms with van der Waals surface area (Å²) in [6.07, 6.45) is 4.08. The van der Waals surface area contributed by atoms with Crippen molar-refractivity contribution in [3.8, 4) is 0 Å². The van der Waals surface area contributed by atoms with Crippen molar-refractivity contribution >= 4 is 15.9 Å². The summed E-state index contributed by atoms with van der Waals surface area (Å²) in [5.74, 6) is 0. The number of aryl methyl sites for hydroxylation is 1. The van der Waals surface area contributed by atoms with Gasteiger partial charge in [-0.25, -0.2) is 0 Å². The Hall–Kier alpha value is -0.340. The number of aliphatic hydroxyl groups is 1. The van der Waals surface area contributed by atoms with Gasteiger partial charge in [0.1, 0.15) is 0 Å². The first-order chi connectivity index (χ1) is 7.15. The lowest BCUT2D eigenvalue weighted by atomic mass is 9.99. The van der Waals surface area contributed by atoms with Gasteiger partial charge in [0.2, 0.25) is 0 Å². The SMILES string of the molecule is CCCCCC(O)c1ccc(Br)cc1C. The molecule has 0 aromatic heterocycles. The van der Waals surface area contributed by atoms with Crippen molar-refractivity contribution in [3.63, 3.8) is 0 Å². The number of unbranched alkanes of at least 4 members (excludes halogenated alkanes) is 2. The molecule has 0 bridgehead atoms. The molecule has 84 valence electrons. The number of aliphatic hydroxyl groups excluding tert-OH is 1. The number of hydrogen-bond acceptors (Lipinski definition) is 1. The van der Waals surface area contributed by atoms with E-state index < -0.39 is 0 Å². The summed E-state index contributed by atoms with van der Waals surface area (Å²) in [5.41, 5.74) is 2.22. The zero-order valence-electron chi connectivity index (χ0n) is 9.46. The summed E-state index contributed by atoms with van der Waals surface area (Å²) >= 11 is 3.43. The molecule has 0 saturated carbocycles. The smallest absolute Gasteiger partial charge is 0.0792 e. The van der Waals surface area contributed by atoms with Crippen LogP contribution in [0.3, 0.4) is 0 Å². The van der Waals surface area contributed by atoms with Crippen LogP contribution < -0.4 is 0 Å². The summed E-state index contributed by atoms with van der Waals surface area (Å²) in [7, 11) is 0. The van der Waals surface area contributed by atoms with E-state index in [1.807, 2.05) is 19.1 Å². The Labute approximate surface area is 101 Å². The average Bonchev–Trinajstić information content (AvgIpc) is 2.17. The van der Waals surface area contributed by atoms with Gasteiger partial charge in [0, 0.05) is 4.47 Å². The van der Waals surface area contributed by atoms with Crippen LogP contribution in [0.2, 0.25) is 0 Å². The van der Waals surface area contributed by atoms with Gasteiger partial charge in [-0.3, -0.25) is 0 Å². The van der Waals surface area contributed by atoms with Crippen LogP contribution in [0.25, 0.3) is 0 Å². The fourth-order valence-corrected chi connectivity index (χ4v) is 2.23. The molecule has 0 fully saturated rings. The maximum Gasteiger partial charge on any atom is 0.0792 e. The number of halogens is 1. The highest BCUT2D eigenvalue weighted by Gasteiger charge is 2.09. The van der Waals surface area contributed by atoms with E-state index in [4.69, 9.17) is 0 Å². The Morgan fingerprint density at radius 3 is 2.67 bits per heavy atom. The maximum absolute atomic E-state index is 10.0. The van der Waals surface area contributed by atoms with Crippen LogP contribution in [0.1, 0.15) is 49.8 Å². The fourth-order valence-electron chi connectivity index (χ4n) is 1.76. The lowest BCUT2D eigenvalue weighted by Gasteiger charge is -2.13. The molecule has 1 nitrogen and oxygen atoms in total. The molecule has 2 heteroatoms. The number of benzene rings is 1. The van der Waals surface area contributed by atoms with Crippen LogP contribution in [0.5, 0.6) is 0 Å². The number of rotatable bonds is 5. The second-order valence-corrected chi connectivity index (χ2v) is 4.93. The van der Waals surface area contributed by atoms with E-state index in [1.165, 1.54) is 12.8 Å². The van der Waals surface area contributed by atoms with Crippen molar-refractivity contribution in [2.75, 3.05) is 0 Å². The Morgan fingerprint density at radius 1 is 1.33 bits per heavy atom. The predicted molar refractivity (Wildman–Crippen MR) is 68.0 cm³/mol. The fraction of sp³-hybridized carbons (Fsp3) is 0.538. The van der Waals surface area contributed by atoms with Crippen molar-refractivity contribution in [3.05, 3.63) is 33.8 Å². The van der Waals surface area contributed by atoms with Crippen molar-refractivity contribution in [1.29, 1.82) is 0 Å². The quantitative estimate of drug-likeness (QED) is 0.788. The minimum Gasteiger partial charge on any atom is -0.388 e. The third kappa shape index (κ3) is 3.96. The van der Waals surface area contributed by atoms with Gasteiger partial charge in [-0.1, -0.05) is 48.2 Å². The first-order valence-electron chi connectivity index (χ1n) is 5.59. The minimum atomic E-state index is -0.301. The molecule has 0 aliphatic carbocycles. The molecule has 0 saturated heterocycles. The van der Waals surface area contributed by atoms with Crippen molar-refractivity contribution in [1.82, 2.24) is 0 Å². The predicted octanol–water partition coefficient (Wildman–Crippen LogP) is 4.37. The van der Waals surface area contributed by atoms with Gasteiger partial charge < -0.3 is 5.11 Å². The normalized spacial score (nSPS) is 12.8. The molecular formula is C13H19BrO. The molecule has 1 N–H and O–H groups in total. The second-order valence-electron chi connectivity index (χ2n) is 4.01. The molecule has 1 rings (SSSR count). The highest BCUT2D eigenvalue weighted by molar-refractivity contribution is 9.10. The van der Waals surface area contributed by atoms with E-state index in [-0.39, 0.29) is 6.10 Å². The largest absolute Gasteiger partial charge is 0.388 e. The molecule has 0 aliphatic rings. The van der Waals surface area contributed by atoms with Gasteiger partial charge in [-0.15, -0.1) is 0 Å². The molecule has 0 radical (unpaired) electrons. The maximum atomic E-state index is 10.0. The van der Waals surface area contributed by atoms with Crippen LogP contribution in [0, 0.1) is 6.92 Å². The van der Waals surface area contributed by atoms with Crippen molar-refractivity contribution < 1.29 is 5.11 Å². The summed E-state index contributed by atoms with van der Waals surface area (Å²) in [6.45, 7) is 4.22. The highest BCUT2D eigenvalue weighted by Crippen LogP contribution is 2.25. The third-order valence-corrected chi connectivity index (χ3v) is 3.17. The third-order valence-electron chi connectivity index (χ3n) is 2.67. The lowest BCUT2D eigenvalue weighted by Crippen LogP contribution is -1.99. The molecule has 1 aromatic rings. The van der Waals surface area contributed by atoms with Crippen LogP contribution in [-0.4, -0.2) is 5.11 Å². The van der Waals surface area contributed by atoms with Crippen LogP contribution >= 0.6 is 15.9 Å². The van der Waals surface area contributed by atoms with Gasteiger partial charge in [-0.05, 0) is 36.6 Å². The summed E-state index contributed by atoms with van der Waals surface area (Å²) < 4.78 is 1.07. The monoisotopic (exact) mass is 270 g/mol. The summed E-state index contributed by atoms with van der Waals surface area (Å²) in [6, 6.07) is 6.06. The first-order valence-corrected chi connectivity index (χ1v) is 6.38. The molecule has 0 amide bonds. The topological polar surface area (TPSA) is 20.2 Å². The highest BCUT2D eigenvalue weighted by atomic mass is 79.9. The molecule has 0 aliphatic heterocycles. The van der Waals surface area contributed by atoms with Crippen LogP contribution in [0.4, 0.5) is 0 Å². The van der Waals surface area contributed by atoms with Gasteiger partial charge in [0.25, 0.3) is 0 Å². The molecular weight excluding hydrogens is 252 g/mol. The Balaban J connectivity index is 2.61. The minimum absolute atomic E-state index is 0.301. The van der Waals surface area contributed by atoms with E-state index in [9.17, 15) is 5.11 Å². The molecule has 0 heterocycles. The van der Waals surface area contributed by atoms with Crippen molar-refractivity contribution in [2.45, 2.75) is 45.6 Å². The zero-order chi connectivity index (χ0) is 11.3. The molecule has 1 aromatic carbocycles. The van der Waals surface area contributed by atoms with Crippen LogP contribution in [-0.2, 0) is 0 Å². The Morgan fingerprint density at radius 2 is 2.07 bits per heavy atom. The second kappa shape index (κ2) is 6.29. The molecule has 15 heavy (non-hydrogen) atoms. The van der Waals surface area contributed by atoms with E-state index in [0.717, 1.165) is 28.4 Å². The van der Waals surface area contributed by atoms with Gasteiger partial charge in [0.15, 0.2) is 0 Å². The zero-order valence-corrected chi connectivity index (χ0v) is 11.0. The lowest BCUT2D eigenvalue weighted by molar-refractivity contribution is 0.163. The molecule has 0 spiro atoms. The first kappa shape index (κ1) is 12.7. The van der Waals surface area contributed by atoms with Gasteiger partial charge in [0.05, 0.1) is 6.10 Å². The van der Waals surface area contributed by atoms with E-state index in [2.05, 4.69) is 28.9 Å².